The van der Waals surface area contributed by atoms with E-state index in [2.05, 4.69) is 20.2 Å². The van der Waals surface area contributed by atoms with E-state index in [1.165, 1.54) is 17.4 Å². The molecule has 0 aliphatic carbocycles. The van der Waals surface area contributed by atoms with Crippen LogP contribution in [0.3, 0.4) is 0 Å². The second-order valence-corrected chi connectivity index (χ2v) is 7.74. The third kappa shape index (κ3) is 4.20. The molecule has 1 aliphatic heterocycles. The van der Waals surface area contributed by atoms with Gasteiger partial charge in [-0.2, -0.15) is 13.2 Å². The van der Waals surface area contributed by atoms with Crippen molar-refractivity contribution in [2.45, 2.75) is 25.7 Å². The fourth-order valence-corrected chi connectivity index (χ4v) is 3.93. The SMILES string of the molecule is CC1CN(c2ccc(CNc3nc4cc(C(F)(F)F)ccc4s3)cn2)CCO1. The number of alkyl halides is 3. The van der Waals surface area contributed by atoms with E-state index in [1.54, 1.807) is 6.20 Å². The lowest BCUT2D eigenvalue weighted by Gasteiger charge is -2.32. The van der Waals surface area contributed by atoms with Crippen LogP contribution in [0.4, 0.5) is 24.1 Å². The Morgan fingerprint density at radius 1 is 1.29 bits per heavy atom. The monoisotopic (exact) mass is 408 g/mol. The van der Waals surface area contributed by atoms with Crippen LogP contribution in [0.2, 0.25) is 0 Å². The van der Waals surface area contributed by atoms with Crippen molar-refractivity contribution in [1.29, 1.82) is 0 Å². The summed E-state index contributed by atoms with van der Waals surface area (Å²) in [5.74, 6) is 0.915. The minimum absolute atomic E-state index is 0.189. The number of nitrogens with zero attached hydrogens (tertiary/aromatic N) is 3. The number of rotatable bonds is 4. The van der Waals surface area contributed by atoms with E-state index in [0.29, 0.717) is 28.5 Å². The third-order valence-electron chi connectivity index (χ3n) is 4.53. The summed E-state index contributed by atoms with van der Waals surface area (Å²) < 4.78 is 44.7. The second-order valence-electron chi connectivity index (χ2n) is 6.70. The molecular formula is C19H19F3N4OS. The smallest absolute Gasteiger partial charge is 0.375 e. The molecular weight excluding hydrogens is 389 g/mol. The zero-order valence-electron chi connectivity index (χ0n) is 15.2. The molecule has 9 heteroatoms. The summed E-state index contributed by atoms with van der Waals surface area (Å²) in [7, 11) is 0. The lowest BCUT2D eigenvalue weighted by molar-refractivity contribution is -0.137. The van der Waals surface area contributed by atoms with Crippen LogP contribution in [-0.2, 0) is 17.5 Å². The molecule has 3 heterocycles. The van der Waals surface area contributed by atoms with E-state index in [4.69, 9.17) is 4.74 Å². The van der Waals surface area contributed by atoms with Crippen molar-refractivity contribution in [3.8, 4) is 0 Å². The highest BCUT2D eigenvalue weighted by Crippen LogP contribution is 2.34. The van der Waals surface area contributed by atoms with Crippen LogP contribution in [0.25, 0.3) is 10.2 Å². The van der Waals surface area contributed by atoms with Gasteiger partial charge in [0.2, 0.25) is 0 Å². The van der Waals surface area contributed by atoms with Gasteiger partial charge in [0.15, 0.2) is 5.13 Å². The maximum Gasteiger partial charge on any atom is 0.416 e. The van der Waals surface area contributed by atoms with Crippen molar-refractivity contribution in [3.63, 3.8) is 0 Å². The van der Waals surface area contributed by atoms with Crippen molar-refractivity contribution in [1.82, 2.24) is 9.97 Å². The predicted octanol–water partition coefficient (Wildman–Crippen LogP) is 4.55. The highest BCUT2D eigenvalue weighted by molar-refractivity contribution is 7.22. The molecule has 4 rings (SSSR count). The summed E-state index contributed by atoms with van der Waals surface area (Å²) in [5.41, 5.74) is 0.631. The molecule has 1 unspecified atom stereocenters. The maximum absolute atomic E-state index is 12.8. The Morgan fingerprint density at radius 2 is 2.14 bits per heavy atom. The van der Waals surface area contributed by atoms with Gasteiger partial charge in [-0.3, -0.25) is 0 Å². The average molecular weight is 408 g/mol. The van der Waals surface area contributed by atoms with Crippen LogP contribution in [0.1, 0.15) is 18.1 Å². The standard InChI is InChI=1S/C19H19F3N4OS/c1-12-11-26(6-7-27-12)17-5-2-13(9-23-17)10-24-18-25-15-8-14(19(20,21)22)3-4-16(15)28-18/h2-5,8-9,12H,6-7,10-11H2,1H3,(H,24,25). The molecule has 0 saturated carbocycles. The maximum atomic E-state index is 12.8. The number of halogens is 3. The van der Waals surface area contributed by atoms with Crippen molar-refractivity contribution in [2.75, 3.05) is 29.9 Å². The molecule has 0 spiro atoms. The van der Waals surface area contributed by atoms with E-state index >= 15 is 0 Å². The van der Waals surface area contributed by atoms with Crippen LogP contribution >= 0.6 is 11.3 Å². The molecule has 1 N–H and O–H groups in total. The van der Waals surface area contributed by atoms with Crippen LogP contribution in [0, 0.1) is 0 Å². The lowest BCUT2D eigenvalue weighted by atomic mass is 10.2. The van der Waals surface area contributed by atoms with Gasteiger partial charge in [0.1, 0.15) is 5.82 Å². The van der Waals surface area contributed by atoms with Gasteiger partial charge in [-0.15, -0.1) is 0 Å². The summed E-state index contributed by atoms with van der Waals surface area (Å²) in [6, 6.07) is 7.59. The van der Waals surface area contributed by atoms with Gasteiger partial charge in [-0.05, 0) is 36.8 Å². The van der Waals surface area contributed by atoms with E-state index in [0.717, 1.165) is 36.6 Å². The number of morpholine rings is 1. The molecule has 28 heavy (non-hydrogen) atoms. The van der Waals surface area contributed by atoms with Gasteiger partial charge >= 0.3 is 6.18 Å². The topological polar surface area (TPSA) is 50.3 Å². The first-order valence-corrected chi connectivity index (χ1v) is 9.73. The largest absolute Gasteiger partial charge is 0.416 e. The number of nitrogens with one attached hydrogen (secondary N) is 1. The zero-order valence-corrected chi connectivity index (χ0v) is 16.0. The van der Waals surface area contributed by atoms with Gasteiger partial charge in [-0.1, -0.05) is 17.4 Å². The predicted molar refractivity (Wildman–Crippen MR) is 104 cm³/mol. The number of aromatic nitrogens is 2. The highest BCUT2D eigenvalue weighted by atomic mass is 32.1. The molecule has 0 radical (unpaired) electrons. The zero-order chi connectivity index (χ0) is 19.7. The first-order chi connectivity index (χ1) is 13.4. The van der Waals surface area contributed by atoms with Gasteiger partial charge < -0.3 is 15.0 Å². The Balaban J connectivity index is 1.41. The first kappa shape index (κ1) is 18.9. The fraction of sp³-hybridized carbons (Fsp3) is 0.368. The Bertz CT molecular complexity index is 958. The number of thiazole rings is 1. The van der Waals surface area contributed by atoms with E-state index in [1.807, 2.05) is 19.1 Å². The van der Waals surface area contributed by atoms with Crippen molar-refractivity contribution in [3.05, 3.63) is 47.7 Å². The van der Waals surface area contributed by atoms with Crippen LogP contribution in [-0.4, -0.2) is 35.8 Å². The Labute approximate surface area is 164 Å². The normalized spacial score (nSPS) is 17.9. The van der Waals surface area contributed by atoms with Crippen molar-refractivity contribution < 1.29 is 17.9 Å². The number of ether oxygens (including phenoxy) is 1. The highest BCUT2D eigenvalue weighted by Gasteiger charge is 2.30. The molecule has 5 nitrogen and oxygen atoms in total. The fourth-order valence-electron chi connectivity index (χ4n) is 3.09. The summed E-state index contributed by atoms with van der Waals surface area (Å²) in [6.45, 7) is 4.87. The Morgan fingerprint density at radius 3 is 2.86 bits per heavy atom. The molecule has 1 aliphatic rings. The molecule has 1 atom stereocenters. The van der Waals surface area contributed by atoms with E-state index in [-0.39, 0.29) is 6.10 Å². The lowest BCUT2D eigenvalue weighted by Crippen LogP contribution is -2.41. The van der Waals surface area contributed by atoms with E-state index in [9.17, 15) is 13.2 Å². The van der Waals surface area contributed by atoms with Crippen LogP contribution in [0.15, 0.2) is 36.5 Å². The second kappa shape index (κ2) is 7.56. The summed E-state index contributed by atoms with van der Waals surface area (Å²) in [4.78, 5) is 11.0. The van der Waals surface area contributed by atoms with Gasteiger partial charge in [0.05, 0.1) is 28.5 Å². The van der Waals surface area contributed by atoms with Crippen molar-refractivity contribution in [2.24, 2.45) is 0 Å². The van der Waals surface area contributed by atoms with Gasteiger partial charge in [-0.25, -0.2) is 9.97 Å². The van der Waals surface area contributed by atoms with Crippen molar-refractivity contribution >= 4 is 32.5 Å². The molecule has 1 fully saturated rings. The van der Waals surface area contributed by atoms with Gasteiger partial charge in [0, 0.05) is 25.8 Å². The number of anilines is 2. The quantitative estimate of drug-likeness (QED) is 0.687. The average Bonchev–Trinajstić information content (AvgIpc) is 3.08. The molecule has 1 saturated heterocycles. The molecule has 148 valence electrons. The van der Waals surface area contributed by atoms with Gasteiger partial charge in [0.25, 0.3) is 0 Å². The molecule has 2 aromatic heterocycles. The minimum atomic E-state index is -4.36. The Kier molecular flexibility index (Phi) is 5.11. The minimum Gasteiger partial charge on any atom is -0.375 e. The van der Waals surface area contributed by atoms with Crippen LogP contribution < -0.4 is 10.2 Å². The molecule has 3 aromatic rings. The summed E-state index contributed by atoms with van der Waals surface area (Å²) >= 11 is 1.33. The van der Waals surface area contributed by atoms with Crippen LogP contribution in [0.5, 0.6) is 0 Å². The molecule has 1 aromatic carbocycles. The summed E-state index contributed by atoms with van der Waals surface area (Å²) in [5, 5.41) is 3.75. The summed E-state index contributed by atoms with van der Waals surface area (Å²) in [6.07, 6.45) is -2.37. The number of hydrogen-bond donors (Lipinski definition) is 1. The molecule has 0 amide bonds. The number of pyridine rings is 1. The Hall–Kier alpha value is -2.39. The number of benzene rings is 1. The van der Waals surface area contributed by atoms with E-state index < -0.39 is 11.7 Å². The third-order valence-corrected chi connectivity index (χ3v) is 5.53. The molecule has 0 bridgehead atoms. The number of fused-ring (bicyclic) bond motifs is 1. The first-order valence-electron chi connectivity index (χ1n) is 8.91. The number of hydrogen-bond acceptors (Lipinski definition) is 6.